The highest BCUT2D eigenvalue weighted by molar-refractivity contribution is 5.41. The van der Waals surface area contributed by atoms with Crippen LogP contribution in [0.4, 0.5) is 4.39 Å². The van der Waals surface area contributed by atoms with Gasteiger partial charge in [-0.15, -0.1) is 0 Å². The van der Waals surface area contributed by atoms with Gasteiger partial charge >= 0.3 is 0 Å². The molecule has 0 radical (unpaired) electrons. The molecule has 1 aromatic carbocycles. The van der Waals surface area contributed by atoms with Crippen LogP contribution in [0.2, 0.25) is 0 Å². The lowest BCUT2D eigenvalue weighted by molar-refractivity contribution is 0.626. The normalized spacial score (nSPS) is 10.8. The van der Waals surface area contributed by atoms with Gasteiger partial charge in [0.1, 0.15) is 5.82 Å². The molecular formula is C14H17FN2. The van der Waals surface area contributed by atoms with Crippen molar-refractivity contribution < 1.29 is 4.39 Å². The van der Waals surface area contributed by atoms with E-state index in [1.54, 1.807) is 12.1 Å². The number of aromatic nitrogens is 1. The number of hydrogen-bond donors (Lipinski definition) is 1. The summed E-state index contributed by atoms with van der Waals surface area (Å²) in [6, 6.07) is 8.76. The van der Waals surface area contributed by atoms with Gasteiger partial charge in [-0.2, -0.15) is 0 Å². The quantitative estimate of drug-likeness (QED) is 0.866. The summed E-state index contributed by atoms with van der Waals surface area (Å²) in [5.74, 6) is -0.213. The van der Waals surface area contributed by atoms with Gasteiger partial charge in [0.2, 0.25) is 0 Å². The number of rotatable bonds is 3. The number of hydrogen-bond acceptors (Lipinski definition) is 1. The van der Waals surface area contributed by atoms with Gasteiger partial charge in [0, 0.05) is 17.1 Å². The molecule has 0 saturated carbocycles. The van der Waals surface area contributed by atoms with Gasteiger partial charge in [-0.05, 0) is 56.6 Å². The van der Waals surface area contributed by atoms with Gasteiger partial charge in [0.05, 0.1) is 0 Å². The summed E-state index contributed by atoms with van der Waals surface area (Å²) in [6.45, 7) is 4.70. The van der Waals surface area contributed by atoms with Crippen molar-refractivity contribution in [3.05, 3.63) is 53.1 Å². The van der Waals surface area contributed by atoms with E-state index in [2.05, 4.69) is 10.6 Å². The van der Waals surface area contributed by atoms with Crippen molar-refractivity contribution in [2.45, 2.75) is 20.3 Å². The largest absolute Gasteiger partial charge is 0.330 e. The van der Waals surface area contributed by atoms with Gasteiger partial charge in [-0.1, -0.05) is 6.07 Å². The zero-order valence-corrected chi connectivity index (χ0v) is 10.2. The minimum Gasteiger partial charge on any atom is -0.330 e. The molecule has 1 aromatic heterocycles. The average Bonchev–Trinajstić information content (AvgIpc) is 2.55. The second-order valence-corrected chi connectivity index (χ2v) is 4.25. The summed E-state index contributed by atoms with van der Waals surface area (Å²) in [5, 5.41) is 0. The van der Waals surface area contributed by atoms with Crippen molar-refractivity contribution in [1.29, 1.82) is 0 Å². The summed E-state index contributed by atoms with van der Waals surface area (Å²) < 4.78 is 15.3. The first-order valence-electron chi connectivity index (χ1n) is 5.77. The summed E-state index contributed by atoms with van der Waals surface area (Å²) in [4.78, 5) is 0. The van der Waals surface area contributed by atoms with Crippen molar-refractivity contribution in [3.8, 4) is 5.69 Å². The van der Waals surface area contributed by atoms with Crippen LogP contribution in [-0.4, -0.2) is 11.1 Å². The fourth-order valence-corrected chi connectivity index (χ4v) is 2.25. The smallest absolute Gasteiger partial charge is 0.125 e. The first-order valence-corrected chi connectivity index (χ1v) is 5.77. The highest BCUT2D eigenvalue weighted by atomic mass is 19.1. The third-order valence-electron chi connectivity index (χ3n) is 3.02. The van der Waals surface area contributed by atoms with Crippen LogP contribution in [0.3, 0.4) is 0 Å². The lowest BCUT2D eigenvalue weighted by Gasteiger charge is -2.10. The van der Waals surface area contributed by atoms with Crippen molar-refractivity contribution in [2.75, 3.05) is 6.54 Å². The van der Waals surface area contributed by atoms with Gasteiger partial charge in [0.15, 0.2) is 0 Å². The highest BCUT2D eigenvalue weighted by Crippen LogP contribution is 2.21. The van der Waals surface area contributed by atoms with Crippen molar-refractivity contribution in [1.82, 2.24) is 4.57 Å². The molecule has 0 spiro atoms. The molecule has 0 bridgehead atoms. The third kappa shape index (κ3) is 2.24. The van der Waals surface area contributed by atoms with Gasteiger partial charge in [0.25, 0.3) is 0 Å². The molecular weight excluding hydrogens is 215 g/mol. The molecule has 2 rings (SSSR count). The van der Waals surface area contributed by atoms with Crippen LogP contribution in [0.5, 0.6) is 0 Å². The fourth-order valence-electron chi connectivity index (χ4n) is 2.25. The molecule has 0 unspecified atom stereocenters. The standard InChI is InChI=1S/C14H17FN2/c1-10-8-12(6-7-16)11(2)17(10)14-5-3-4-13(15)9-14/h3-5,8-9H,6-7,16H2,1-2H3. The molecule has 2 nitrogen and oxygen atoms in total. The molecule has 0 aliphatic heterocycles. The van der Waals surface area contributed by atoms with Gasteiger partial charge in [-0.25, -0.2) is 4.39 Å². The molecule has 0 amide bonds. The summed E-state index contributed by atoms with van der Waals surface area (Å²) >= 11 is 0. The molecule has 0 fully saturated rings. The van der Waals surface area contributed by atoms with Gasteiger partial charge < -0.3 is 10.3 Å². The lowest BCUT2D eigenvalue weighted by Crippen LogP contribution is -2.04. The summed E-state index contributed by atoms with van der Waals surface area (Å²) in [5.41, 5.74) is 9.92. The minimum absolute atomic E-state index is 0.213. The van der Waals surface area contributed by atoms with Crippen LogP contribution in [-0.2, 0) is 6.42 Å². The van der Waals surface area contributed by atoms with E-state index in [0.29, 0.717) is 6.54 Å². The van der Waals surface area contributed by atoms with Crippen LogP contribution >= 0.6 is 0 Å². The predicted octanol–water partition coefficient (Wildman–Crippen LogP) is 2.73. The van der Waals surface area contributed by atoms with Crippen LogP contribution in [0.15, 0.2) is 30.3 Å². The average molecular weight is 232 g/mol. The predicted molar refractivity (Wildman–Crippen MR) is 68.0 cm³/mol. The Balaban J connectivity index is 2.52. The number of nitrogens with two attached hydrogens (primary N) is 1. The molecule has 17 heavy (non-hydrogen) atoms. The Labute approximate surface area is 101 Å². The fraction of sp³-hybridized carbons (Fsp3) is 0.286. The molecule has 0 saturated heterocycles. The van der Waals surface area contributed by atoms with Crippen LogP contribution in [0, 0.1) is 19.7 Å². The van der Waals surface area contributed by atoms with E-state index in [4.69, 9.17) is 5.73 Å². The summed E-state index contributed by atoms with van der Waals surface area (Å²) in [7, 11) is 0. The zero-order chi connectivity index (χ0) is 12.4. The van der Waals surface area contributed by atoms with Crippen LogP contribution in [0.25, 0.3) is 5.69 Å². The number of benzene rings is 1. The molecule has 90 valence electrons. The number of nitrogens with zero attached hydrogens (tertiary/aromatic N) is 1. The van der Waals surface area contributed by atoms with Crippen LogP contribution < -0.4 is 5.73 Å². The van der Waals surface area contributed by atoms with Crippen LogP contribution in [0.1, 0.15) is 17.0 Å². The maximum absolute atomic E-state index is 13.2. The third-order valence-corrected chi connectivity index (χ3v) is 3.02. The Morgan fingerprint density at radius 3 is 2.65 bits per heavy atom. The first kappa shape index (κ1) is 11.9. The van der Waals surface area contributed by atoms with E-state index >= 15 is 0 Å². The van der Waals surface area contributed by atoms with E-state index < -0.39 is 0 Å². The molecule has 0 aliphatic rings. The van der Waals surface area contributed by atoms with Crippen molar-refractivity contribution in [2.24, 2.45) is 5.73 Å². The number of aryl methyl sites for hydroxylation is 1. The van der Waals surface area contributed by atoms with Crippen molar-refractivity contribution >= 4 is 0 Å². The highest BCUT2D eigenvalue weighted by Gasteiger charge is 2.10. The zero-order valence-electron chi connectivity index (χ0n) is 10.2. The Bertz CT molecular complexity index is 529. The maximum atomic E-state index is 13.2. The monoisotopic (exact) mass is 232 g/mol. The summed E-state index contributed by atoms with van der Waals surface area (Å²) in [6.07, 6.45) is 0.856. The topological polar surface area (TPSA) is 30.9 Å². The Morgan fingerprint density at radius 1 is 1.24 bits per heavy atom. The second-order valence-electron chi connectivity index (χ2n) is 4.25. The van der Waals surface area contributed by atoms with Crippen molar-refractivity contribution in [3.63, 3.8) is 0 Å². The number of halogens is 1. The first-order chi connectivity index (χ1) is 8.13. The molecule has 2 N–H and O–H groups in total. The van der Waals surface area contributed by atoms with E-state index in [0.717, 1.165) is 23.5 Å². The Morgan fingerprint density at radius 2 is 2.00 bits per heavy atom. The molecule has 0 atom stereocenters. The maximum Gasteiger partial charge on any atom is 0.125 e. The SMILES string of the molecule is Cc1cc(CCN)c(C)n1-c1cccc(F)c1. The minimum atomic E-state index is -0.213. The van der Waals surface area contributed by atoms with E-state index in [1.807, 2.05) is 19.9 Å². The Hall–Kier alpha value is -1.61. The lowest BCUT2D eigenvalue weighted by atomic mass is 10.2. The van der Waals surface area contributed by atoms with E-state index in [-0.39, 0.29) is 5.82 Å². The molecule has 3 heteroatoms. The second kappa shape index (κ2) is 4.72. The molecule has 2 aromatic rings. The molecule has 1 heterocycles. The van der Waals surface area contributed by atoms with E-state index in [9.17, 15) is 4.39 Å². The van der Waals surface area contributed by atoms with E-state index in [1.165, 1.54) is 11.6 Å². The van der Waals surface area contributed by atoms with Gasteiger partial charge in [-0.3, -0.25) is 0 Å². The Kier molecular flexibility index (Phi) is 3.29. The molecule has 0 aliphatic carbocycles.